The van der Waals surface area contributed by atoms with Crippen LogP contribution >= 0.6 is 0 Å². The molecule has 128 valence electrons. The van der Waals surface area contributed by atoms with Gasteiger partial charge in [-0.1, -0.05) is 24.3 Å². The van der Waals surface area contributed by atoms with Gasteiger partial charge in [-0.05, 0) is 23.8 Å². The summed E-state index contributed by atoms with van der Waals surface area (Å²) in [6.07, 6.45) is 1.45. The molecule has 0 N–H and O–H groups in total. The van der Waals surface area contributed by atoms with Gasteiger partial charge in [0.2, 0.25) is 0 Å². The summed E-state index contributed by atoms with van der Waals surface area (Å²) in [6.45, 7) is 0. The predicted molar refractivity (Wildman–Crippen MR) is 92.9 cm³/mol. The Morgan fingerprint density at radius 1 is 0.960 bits per heavy atom. The highest BCUT2D eigenvalue weighted by molar-refractivity contribution is 5.90. The summed E-state index contributed by atoms with van der Waals surface area (Å²) < 4.78 is 15.6. The first-order chi connectivity index (χ1) is 12.2. The second-order valence-corrected chi connectivity index (χ2v) is 5.35. The Hall–Kier alpha value is -3.15. The van der Waals surface area contributed by atoms with Crippen molar-refractivity contribution >= 4 is 16.9 Å². The lowest BCUT2D eigenvalue weighted by molar-refractivity contribution is -0.141. The van der Waals surface area contributed by atoms with E-state index in [1.807, 2.05) is 24.3 Å². The van der Waals surface area contributed by atoms with Gasteiger partial charge >= 0.3 is 5.97 Å². The molecule has 0 bridgehead atoms. The minimum atomic E-state index is -0.697. The van der Waals surface area contributed by atoms with Gasteiger partial charge in [0.25, 0.3) is 0 Å². The van der Waals surface area contributed by atoms with E-state index in [2.05, 4.69) is 9.97 Å². The SMILES string of the molecule is COC(=O)C(c1ccc(OC)c(OC)c1)c1ncnc2ccccc12. The molecule has 1 atom stereocenters. The highest BCUT2D eigenvalue weighted by Gasteiger charge is 2.28. The summed E-state index contributed by atoms with van der Waals surface area (Å²) in [5.74, 6) is 0.0171. The molecule has 0 aliphatic carbocycles. The van der Waals surface area contributed by atoms with Crippen LogP contribution < -0.4 is 9.47 Å². The van der Waals surface area contributed by atoms with Crippen molar-refractivity contribution in [3.8, 4) is 11.5 Å². The number of hydrogen-bond donors (Lipinski definition) is 0. The van der Waals surface area contributed by atoms with E-state index in [-0.39, 0.29) is 0 Å². The van der Waals surface area contributed by atoms with E-state index in [0.717, 1.165) is 10.9 Å². The largest absolute Gasteiger partial charge is 0.493 e. The Kier molecular flexibility index (Phi) is 4.79. The third kappa shape index (κ3) is 3.10. The van der Waals surface area contributed by atoms with Crippen LogP contribution in [0, 0.1) is 0 Å². The molecule has 3 aromatic rings. The van der Waals surface area contributed by atoms with Crippen molar-refractivity contribution < 1.29 is 19.0 Å². The van der Waals surface area contributed by atoms with Gasteiger partial charge in [-0.3, -0.25) is 4.79 Å². The molecule has 3 rings (SSSR count). The molecule has 1 unspecified atom stereocenters. The van der Waals surface area contributed by atoms with Crippen molar-refractivity contribution in [2.24, 2.45) is 0 Å². The number of hydrogen-bond acceptors (Lipinski definition) is 6. The van der Waals surface area contributed by atoms with E-state index in [1.54, 1.807) is 32.4 Å². The Balaban J connectivity index is 2.20. The number of esters is 1. The van der Waals surface area contributed by atoms with Crippen LogP contribution in [0.15, 0.2) is 48.8 Å². The zero-order chi connectivity index (χ0) is 17.8. The van der Waals surface area contributed by atoms with E-state index in [4.69, 9.17) is 14.2 Å². The number of aromatic nitrogens is 2. The van der Waals surface area contributed by atoms with Crippen LogP contribution in [0.2, 0.25) is 0 Å². The first kappa shape index (κ1) is 16.7. The molecule has 0 amide bonds. The molecular weight excluding hydrogens is 320 g/mol. The van der Waals surface area contributed by atoms with Crippen LogP contribution in [-0.2, 0) is 9.53 Å². The quantitative estimate of drug-likeness (QED) is 0.666. The Labute approximate surface area is 145 Å². The molecule has 0 radical (unpaired) electrons. The number of rotatable bonds is 5. The maximum Gasteiger partial charge on any atom is 0.319 e. The van der Waals surface area contributed by atoms with E-state index >= 15 is 0 Å². The number of fused-ring (bicyclic) bond motifs is 1. The highest BCUT2D eigenvalue weighted by Crippen LogP contribution is 2.35. The molecule has 25 heavy (non-hydrogen) atoms. The minimum absolute atomic E-state index is 0.406. The van der Waals surface area contributed by atoms with Crippen LogP contribution in [-0.4, -0.2) is 37.3 Å². The Morgan fingerprint density at radius 2 is 1.72 bits per heavy atom. The number of methoxy groups -OCH3 is 3. The molecule has 0 saturated heterocycles. The van der Waals surface area contributed by atoms with Gasteiger partial charge in [0.15, 0.2) is 11.5 Å². The predicted octanol–water partition coefficient (Wildman–Crippen LogP) is 2.95. The maximum absolute atomic E-state index is 12.6. The number of carbonyl (C=O) groups is 1. The normalized spacial score (nSPS) is 11.8. The van der Waals surface area contributed by atoms with Gasteiger partial charge in [-0.2, -0.15) is 0 Å². The van der Waals surface area contributed by atoms with Crippen LogP contribution in [0.25, 0.3) is 10.9 Å². The Morgan fingerprint density at radius 3 is 2.44 bits per heavy atom. The Bertz CT molecular complexity index is 906. The zero-order valence-corrected chi connectivity index (χ0v) is 14.2. The average Bonchev–Trinajstić information content (AvgIpc) is 2.68. The van der Waals surface area contributed by atoms with Crippen molar-refractivity contribution in [2.75, 3.05) is 21.3 Å². The number of ether oxygens (including phenoxy) is 3. The van der Waals surface area contributed by atoms with E-state index < -0.39 is 11.9 Å². The van der Waals surface area contributed by atoms with Crippen LogP contribution in [0.3, 0.4) is 0 Å². The molecule has 6 nitrogen and oxygen atoms in total. The van der Waals surface area contributed by atoms with Crippen molar-refractivity contribution in [1.29, 1.82) is 0 Å². The summed E-state index contributed by atoms with van der Waals surface area (Å²) in [5, 5.41) is 0.801. The summed E-state index contributed by atoms with van der Waals surface area (Å²) in [7, 11) is 4.47. The standard InChI is InChI=1S/C19H18N2O4/c1-23-15-9-8-12(10-16(15)24-2)17(19(22)25-3)18-13-6-4-5-7-14(13)20-11-21-18/h4-11,17H,1-3H3. The maximum atomic E-state index is 12.6. The summed E-state index contributed by atoms with van der Waals surface area (Å²) in [5.41, 5.74) is 2.06. The fourth-order valence-corrected chi connectivity index (χ4v) is 2.81. The molecule has 0 saturated carbocycles. The molecule has 0 spiro atoms. The van der Waals surface area contributed by atoms with Crippen molar-refractivity contribution in [3.05, 3.63) is 60.0 Å². The monoisotopic (exact) mass is 338 g/mol. The lowest BCUT2D eigenvalue weighted by atomic mass is 9.92. The highest BCUT2D eigenvalue weighted by atomic mass is 16.5. The van der Waals surface area contributed by atoms with Gasteiger partial charge in [-0.25, -0.2) is 9.97 Å². The van der Waals surface area contributed by atoms with Gasteiger partial charge < -0.3 is 14.2 Å². The molecule has 0 fully saturated rings. The number of nitrogens with zero attached hydrogens (tertiary/aromatic N) is 2. The smallest absolute Gasteiger partial charge is 0.319 e. The fraction of sp³-hybridized carbons (Fsp3) is 0.211. The summed E-state index contributed by atoms with van der Waals surface area (Å²) in [4.78, 5) is 21.2. The van der Waals surface area contributed by atoms with Crippen molar-refractivity contribution in [2.45, 2.75) is 5.92 Å². The topological polar surface area (TPSA) is 70.5 Å². The lowest BCUT2D eigenvalue weighted by Gasteiger charge is -2.18. The molecule has 0 aliphatic rings. The minimum Gasteiger partial charge on any atom is -0.493 e. The second-order valence-electron chi connectivity index (χ2n) is 5.35. The first-order valence-corrected chi connectivity index (χ1v) is 7.69. The van der Waals surface area contributed by atoms with Gasteiger partial charge in [-0.15, -0.1) is 0 Å². The molecule has 6 heteroatoms. The van der Waals surface area contributed by atoms with E-state index in [9.17, 15) is 4.79 Å². The fourth-order valence-electron chi connectivity index (χ4n) is 2.81. The number of benzene rings is 2. The molecule has 1 heterocycles. The first-order valence-electron chi connectivity index (χ1n) is 7.69. The number of carbonyl (C=O) groups excluding carboxylic acids is 1. The summed E-state index contributed by atoms with van der Waals surface area (Å²) in [6, 6.07) is 12.9. The van der Waals surface area contributed by atoms with Crippen molar-refractivity contribution in [3.63, 3.8) is 0 Å². The zero-order valence-electron chi connectivity index (χ0n) is 14.2. The molecule has 1 aromatic heterocycles. The molecular formula is C19H18N2O4. The van der Waals surface area contributed by atoms with E-state index in [0.29, 0.717) is 22.8 Å². The number of para-hydroxylation sites is 1. The lowest BCUT2D eigenvalue weighted by Crippen LogP contribution is -2.17. The molecule has 0 aliphatic heterocycles. The van der Waals surface area contributed by atoms with Gasteiger partial charge in [0.05, 0.1) is 32.5 Å². The van der Waals surface area contributed by atoms with Crippen LogP contribution in [0.5, 0.6) is 11.5 Å². The average molecular weight is 338 g/mol. The third-order valence-electron chi connectivity index (χ3n) is 4.02. The summed E-state index contributed by atoms with van der Waals surface area (Å²) >= 11 is 0. The van der Waals surface area contributed by atoms with Gasteiger partial charge in [0.1, 0.15) is 12.2 Å². The molecule has 2 aromatic carbocycles. The van der Waals surface area contributed by atoms with E-state index in [1.165, 1.54) is 13.4 Å². The third-order valence-corrected chi connectivity index (χ3v) is 4.02. The van der Waals surface area contributed by atoms with Gasteiger partial charge in [0, 0.05) is 5.39 Å². The second kappa shape index (κ2) is 7.17. The van der Waals surface area contributed by atoms with Crippen LogP contribution in [0.4, 0.5) is 0 Å². The van der Waals surface area contributed by atoms with Crippen molar-refractivity contribution in [1.82, 2.24) is 9.97 Å². The van der Waals surface area contributed by atoms with Crippen LogP contribution in [0.1, 0.15) is 17.2 Å².